The van der Waals surface area contributed by atoms with Crippen LogP contribution in [0.1, 0.15) is 59.6 Å². The third-order valence-electron chi connectivity index (χ3n) is 6.09. The summed E-state index contributed by atoms with van der Waals surface area (Å²) in [6, 6.07) is 8.40. The molecule has 0 unspecified atom stereocenters. The Morgan fingerprint density at radius 3 is 1.69 bits per heavy atom. The van der Waals surface area contributed by atoms with Gasteiger partial charge in [0.1, 0.15) is 24.6 Å². The molecule has 0 aromatic carbocycles. The molecule has 6 heteroatoms. The second kappa shape index (κ2) is 7.25. The summed E-state index contributed by atoms with van der Waals surface area (Å²) in [5, 5.41) is 8.82. The fourth-order valence-corrected chi connectivity index (χ4v) is 4.00. The van der Waals surface area contributed by atoms with Crippen LogP contribution in [0.3, 0.4) is 0 Å². The lowest BCUT2D eigenvalue weighted by Gasteiger charge is -2.12. The monoisotopic (exact) mass is 390 g/mol. The van der Waals surface area contributed by atoms with Crippen LogP contribution in [0.2, 0.25) is 0 Å². The van der Waals surface area contributed by atoms with E-state index in [1.54, 1.807) is 0 Å². The summed E-state index contributed by atoms with van der Waals surface area (Å²) in [6.45, 7) is 5.15. The lowest BCUT2D eigenvalue weighted by atomic mass is 10.1. The average Bonchev–Trinajstić information content (AvgIpc) is 3.19. The summed E-state index contributed by atoms with van der Waals surface area (Å²) in [6.07, 6.45) is 5.95. The molecule has 0 saturated heterocycles. The Hall–Kier alpha value is -2.76. The lowest BCUT2D eigenvalue weighted by Crippen LogP contribution is -2.16. The van der Waals surface area contributed by atoms with Crippen LogP contribution in [-0.4, -0.2) is 34.6 Å². The Morgan fingerprint density at radius 2 is 1.24 bits per heavy atom. The minimum absolute atomic E-state index is 0.0387. The number of rotatable bonds is 6. The van der Waals surface area contributed by atoms with E-state index >= 15 is 0 Å². The molecule has 3 aliphatic carbocycles. The Bertz CT molecular complexity index is 930. The van der Waals surface area contributed by atoms with Crippen molar-refractivity contribution in [1.29, 1.82) is 0 Å². The summed E-state index contributed by atoms with van der Waals surface area (Å²) >= 11 is 0. The predicted octanol–water partition coefficient (Wildman–Crippen LogP) is 3.91. The molecule has 0 amide bonds. The smallest absolute Gasteiger partial charge is 0.126 e. The van der Waals surface area contributed by atoms with Crippen LogP contribution >= 0.6 is 0 Å². The molecule has 29 heavy (non-hydrogen) atoms. The van der Waals surface area contributed by atoms with E-state index in [2.05, 4.69) is 44.5 Å². The van der Waals surface area contributed by atoms with Gasteiger partial charge in [-0.1, -0.05) is 22.4 Å². The van der Waals surface area contributed by atoms with E-state index in [0.29, 0.717) is 13.2 Å². The molecule has 1 saturated carbocycles. The normalized spacial score (nSPS) is 21.3. The molecule has 1 fully saturated rings. The molecule has 5 rings (SSSR count). The minimum atomic E-state index is 0.0387. The number of hydrogen-bond acceptors (Lipinski definition) is 6. The number of aryl methyl sites for hydroxylation is 4. The van der Waals surface area contributed by atoms with Crippen molar-refractivity contribution in [3.63, 3.8) is 0 Å². The van der Waals surface area contributed by atoms with Crippen LogP contribution in [0.15, 0.2) is 34.6 Å². The molecule has 0 bridgehead atoms. The lowest BCUT2D eigenvalue weighted by molar-refractivity contribution is 0.0318. The van der Waals surface area contributed by atoms with Crippen molar-refractivity contribution in [3.8, 4) is 0 Å². The van der Waals surface area contributed by atoms with E-state index in [-0.39, 0.29) is 5.41 Å². The molecular weight excluding hydrogens is 364 g/mol. The number of pyridine rings is 2. The van der Waals surface area contributed by atoms with Crippen LogP contribution in [-0.2, 0) is 22.5 Å². The van der Waals surface area contributed by atoms with E-state index in [9.17, 15) is 0 Å². The second-order valence-electron chi connectivity index (χ2n) is 8.54. The van der Waals surface area contributed by atoms with Crippen molar-refractivity contribution in [1.82, 2.24) is 9.97 Å². The fraction of sp³-hybridized carbons (Fsp3) is 0.478. The maximum atomic E-state index is 5.74. The summed E-state index contributed by atoms with van der Waals surface area (Å²) in [5.41, 5.74) is 8.52. The highest BCUT2D eigenvalue weighted by Gasteiger charge is 2.45. The molecule has 2 heterocycles. The van der Waals surface area contributed by atoms with Gasteiger partial charge in [0.05, 0.1) is 11.4 Å². The molecule has 6 nitrogen and oxygen atoms in total. The van der Waals surface area contributed by atoms with Crippen molar-refractivity contribution >= 4 is 11.4 Å². The summed E-state index contributed by atoms with van der Waals surface area (Å²) < 4.78 is 0. The highest BCUT2D eigenvalue weighted by molar-refractivity contribution is 6.03. The molecule has 0 atom stereocenters. The number of hydrogen-bond donors (Lipinski definition) is 0. The predicted molar refractivity (Wildman–Crippen MR) is 111 cm³/mol. The largest absolute Gasteiger partial charge is 0.395 e. The first kappa shape index (κ1) is 18.3. The summed E-state index contributed by atoms with van der Waals surface area (Å²) in [4.78, 5) is 20.7. The SMILES string of the molecule is Cc1ccc2c(n1)/C(=N/OCC1(CO/N=C3\CCc4ccc(C)nc43)CC1)CC2. The fourth-order valence-electron chi connectivity index (χ4n) is 4.00. The minimum Gasteiger partial charge on any atom is -0.395 e. The zero-order valence-corrected chi connectivity index (χ0v) is 17.1. The standard InChI is InChI=1S/C23H26N4O2/c1-15-3-5-17-7-9-19(21(17)24-15)26-28-13-23(11-12-23)14-29-27-20-10-8-18-6-4-16(2)25-22(18)20/h3-6H,7-14H2,1-2H3/b26-19+,27-20+. The summed E-state index contributed by atoms with van der Waals surface area (Å²) in [5.74, 6) is 0. The van der Waals surface area contributed by atoms with E-state index in [1.165, 1.54) is 11.1 Å². The first-order valence-corrected chi connectivity index (χ1v) is 10.4. The number of aromatic nitrogens is 2. The zero-order chi connectivity index (χ0) is 19.8. The van der Waals surface area contributed by atoms with E-state index < -0.39 is 0 Å². The van der Waals surface area contributed by atoms with Gasteiger partial charge < -0.3 is 9.68 Å². The number of oxime groups is 2. The molecule has 2 aromatic rings. The molecule has 150 valence electrons. The number of fused-ring (bicyclic) bond motifs is 2. The van der Waals surface area contributed by atoms with E-state index in [4.69, 9.17) is 9.68 Å². The Balaban J connectivity index is 1.17. The van der Waals surface area contributed by atoms with Gasteiger partial charge in [-0.15, -0.1) is 0 Å². The third kappa shape index (κ3) is 3.76. The Morgan fingerprint density at radius 1 is 0.759 bits per heavy atom. The van der Waals surface area contributed by atoms with Crippen LogP contribution in [0.5, 0.6) is 0 Å². The molecular formula is C23H26N4O2. The van der Waals surface area contributed by atoms with Crippen molar-refractivity contribution in [2.45, 2.75) is 52.4 Å². The molecule has 0 aliphatic heterocycles. The van der Waals surface area contributed by atoms with Gasteiger partial charge in [0, 0.05) is 16.8 Å². The van der Waals surface area contributed by atoms with E-state index in [0.717, 1.165) is 72.7 Å². The maximum absolute atomic E-state index is 5.74. The first-order chi connectivity index (χ1) is 14.1. The molecule has 2 aromatic heterocycles. The topological polar surface area (TPSA) is 69.0 Å². The maximum Gasteiger partial charge on any atom is 0.126 e. The van der Waals surface area contributed by atoms with Gasteiger partial charge in [0.2, 0.25) is 0 Å². The molecule has 0 radical (unpaired) electrons. The number of nitrogens with zero attached hydrogens (tertiary/aromatic N) is 4. The first-order valence-electron chi connectivity index (χ1n) is 10.4. The highest BCUT2D eigenvalue weighted by Crippen LogP contribution is 2.46. The highest BCUT2D eigenvalue weighted by atomic mass is 16.6. The average molecular weight is 390 g/mol. The van der Waals surface area contributed by atoms with Crippen molar-refractivity contribution < 1.29 is 9.68 Å². The van der Waals surface area contributed by atoms with E-state index in [1.807, 2.05) is 13.8 Å². The van der Waals surface area contributed by atoms with Gasteiger partial charge in [-0.3, -0.25) is 9.97 Å². The van der Waals surface area contributed by atoms with Gasteiger partial charge in [0.15, 0.2) is 0 Å². The summed E-state index contributed by atoms with van der Waals surface area (Å²) in [7, 11) is 0. The van der Waals surface area contributed by atoms with Gasteiger partial charge in [0.25, 0.3) is 0 Å². The third-order valence-corrected chi connectivity index (χ3v) is 6.09. The van der Waals surface area contributed by atoms with Crippen LogP contribution in [0, 0.1) is 19.3 Å². The van der Waals surface area contributed by atoms with Gasteiger partial charge in [-0.25, -0.2) is 0 Å². The molecule has 3 aliphatic rings. The van der Waals surface area contributed by atoms with Crippen LogP contribution in [0.25, 0.3) is 0 Å². The Kier molecular flexibility index (Phi) is 4.57. The van der Waals surface area contributed by atoms with Crippen LogP contribution in [0.4, 0.5) is 0 Å². The van der Waals surface area contributed by atoms with Crippen LogP contribution < -0.4 is 0 Å². The Labute approximate surface area is 171 Å². The quantitative estimate of drug-likeness (QED) is 0.702. The van der Waals surface area contributed by atoms with Crippen molar-refractivity contribution in [3.05, 3.63) is 58.2 Å². The van der Waals surface area contributed by atoms with Gasteiger partial charge in [-0.05, 0) is 75.6 Å². The zero-order valence-electron chi connectivity index (χ0n) is 17.1. The second-order valence-corrected chi connectivity index (χ2v) is 8.54. The van der Waals surface area contributed by atoms with Gasteiger partial charge >= 0.3 is 0 Å². The van der Waals surface area contributed by atoms with Crippen molar-refractivity contribution in [2.24, 2.45) is 15.7 Å². The molecule has 0 spiro atoms. The van der Waals surface area contributed by atoms with Gasteiger partial charge in [-0.2, -0.15) is 0 Å². The van der Waals surface area contributed by atoms with Crippen molar-refractivity contribution in [2.75, 3.05) is 13.2 Å². The molecule has 0 N–H and O–H groups in total.